The van der Waals surface area contributed by atoms with E-state index in [0.29, 0.717) is 5.56 Å². The molecule has 3 aromatic rings. The molecule has 2 fully saturated rings. The zero-order valence-electron chi connectivity index (χ0n) is 11.5. The molecule has 0 spiro atoms. The molecule has 4 atom stereocenters. The number of fused-ring (bicyclic) bond motifs is 11. The van der Waals surface area contributed by atoms with Crippen molar-refractivity contribution in [2.24, 2.45) is 0 Å². The van der Waals surface area contributed by atoms with Gasteiger partial charge in [-0.1, -0.05) is 48.5 Å². The Morgan fingerprint density at radius 1 is 0.818 bits per heavy atom. The Morgan fingerprint density at radius 2 is 1.41 bits per heavy atom. The Balaban J connectivity index is 1.90. The van der Waals surface area contributed by atoms with Gasteiger partial charge in [0, 0.05) is 11.1 Å². The van der Waals surface area contributed by atoms with Crippen molar-refractivity contribution in [1.29, 1.82) is 0 Å². The molecule has 2 aliphatic heterocycles. The second-order valence-electron chi connectivity index (χ2n) is 6.30. The summed E-state index contributed by atoms with van der Waals surface area (Å²) in [6, 6.07) is 16.0. The van der Waals surface area contributed by atoms with E-state index in [9.17, 15) is 10.2 Å². The van der Waals surface area contributed by atoms with Gasteiger partial charge in [0.1, 0.15) is 12.2 Å². The zero-order chi connectivity index (χ0) is 14.7. The molecule has 4 unspecified atom stereocenters. The number of rotatable bonds is 0. The van der Waals surface area contributed by atoms with E-state index in [1.807, 2.05) is 42.5 Å². The van der Waals surface area contributed by atoms with E-state index in [4.69, 9.17) is 9.47 Å². The normalized spacial score (nSPS) is 37.5. The number of hydrogen-bond donors (Lipinski definition) is 2. The van der Waals surface area contributed by atoms with Crippen LogP contribution in [0.1, 0.15) is 17.2 Å². The molecule has 6 rings (SSSR count). The number of benzene rings is 3. The number of aliphatic hydroxyl groups is 2. The van der Waals surface area contributed by atoms with E-state index in [-0.39, 0.29) is 6.10 Å². The Hall–Kier alpha value is -1.98. The highest BCUT2D eigenvalue weighted by molar-refractivity contribution is 6.11. The van der Waals surface area contributed by atoms with Crippen molar-refractivity contribution >= 4 is 21.5 Å². The third kappa shape index (κ3) is 1.03. The second-order valence-corrected chi connectivity index (χ2v) is 6.30. The first-order valence-electron chi connectivity index (χ1n) is 7.39. The lowest BCUT2D eigenvalue weighted by Crippen LogP contribution is -2.34. The van der Waals surface area contributed by atoms with E-state index >= 15 is 0 Å². The number of hydrogen-bond acceptors (Lipinski definition) is 4. The molecule has 1 aliphatic carbocycles. The monoisotopic (exact) mass is 292 g/mol. The molecule has 4 heteroatoms. The van der Waals surface area contributed by atoms with Crippen LogP contribution in [0.5, 0.6) is 0 Å². The molecule has 4 nitrogen and oxygen atoms in total. The van der Waals surface area contributed by atoms with Gasteiger partial charge in [0.2, 0.25) is 0 Å². The standard InChI is InChI=1S/C18H12O4/c19-17-14-12-8-4-2-6-10(12)9-5-1-3-7-11(9)13(14)15-16(21-15)18(17,20)22-17/h1-8,15-16,19-20H. The predicted molar refractivity (Wildman–Crippen MR) is 79.0 cm³/mol. The fraction of sp³-hybridized carbons (Fsp3) is 0.222. The molecule has 0 aromatic heterocycles. The minimum Gasteiger partial charge on any atom is -0.359 e. The van der Waals surface area contributed by atoms with Crippen LogP contribution in [0.25, 0.3) is 21.5 Å². The van der Waals surface area contributed by atoms with E-state index < -0.39 is 17.7 Å². The van der Waals surface area contributed by atoms with Crippen LogP contribution in [0.15, 0.2) is 48.5 Å². The van der Waals surface area contributed by atoms with Crippen molar-refractivity contribution in [2.75, 3.05) is 0 Å². The highest BCUT2D eigenvalue weighted by Crippen LogP contribution is 2.70. The first-order chi connectivity index (χ1) is 10.7. The fourth-order valence-electron chi connectivity index (χ4n) is 4.14. The molecular formula is C18H12O4. The average Bonchev–Trinajstić information content (AvgIpc) is 3.42. The van der Waals surface area contributed by atoms with Gasteiger partial charge >= 0.3 is 0 Å². The third-order valence-electron chi connectivity index (χ3n) is 5.22. The van der Waals surface area contributed by atoms with Gasteiger partial charge in [-0.3, -0.25) is 0 Å². The lowest BCUT2D eigenvalue weighted by atomic mass is 9.81. The molecule has 2 saturated heterocycles. The summed E-state index contributed by atoms with van der Waals surface area (Å²) in [6.07, 6.45) is -0.688. The van der Waals surface area contributed by atoms with Gasteiger partial charge < -0.3 is 19.7 Å². The van der Waals surface area contributed by atoms with Crippen molar-refractivity contribution in [1.82, 2.24) is 0 Å². The van der Waals surface area contributed by atoms with Gasteiger partial charge in [0.15, 0.2) is 0 Å². The lowest BCUT2D eigenvalue weighted by Gasteiger charge is -2.22. The van der Waals surface area contributed by atoms with Gasteiger partial charge in [-0.15, -0.1) is 0 Å². The average molecular weight is 292 g/mol. The predicted octanol–water partition coefficient (Wildman–Crippen LogP) is 2.31. The molecular weight excluding hydrogens is 280 g/mol. The van der Waals surface area contributed by atoms with E-state index in [0.717, 1.165) is 27.1 Å². The van der Waals surface area contributed by atoms with Crippen LogP contribution in [-0.4, -0.2) is 22.1 Å². The zero-order valence-corrected chi connectivity index (χ0v) is 11.5. The molecule has 3 aliphatic rings. The summed E-state index contributed by atoms with van der Waals surface area (Å²) in [5, 5.41) is 25.5. The van der Waals surface area contributed by atoms with E-state index in [1.165, 1.54) is 0 Å². The van der Waals surface area contributed by atoms with Gasteiger partial charge in [-0.25, -0.2) is 0 Å². The van der Waals surface area contributed by atoms with Crippen LogP contribution < -0.4 is 0 Å². The molecule has 108 valence electrons. The molecule has 2 N–H and O–H groups in total. The summed E-state index contributed by atoms with van der Waals surface area (Å²) in [5.41, 5.74) is 1.60. The van der Waals surface area contributed by atoms with Crippen LogP contribution in [-0.2, 0) is 15.3 Å². The van der Waals surface area contributed by atoms with Crippen molar-refractivity contribution in [2.45, 2.75) is 23.8 Å². The molecule has 3 aromatic carbocycles. The smallest absolute Gasteiger partial charge is 0.259 e. The minimum absolute atomic E-state index is 0.211. The van der Waals surface area contributed by atoms with Crippen molar-refractivity contribution in [3.8, 4) is 0 Å². The molecule has 2 heterocycles. The summed E-state index contributed by atoms with van der Waals surface area (Å²) in [7, 11) is 0. The molecule has 0 amide bonds. The number of epoxide rings is 2. The maximum absolute atomic E-state index is 10.9. The maximum atomic E-state index is 10.9. The highest BCUT2D eigenvalue weighted by atomic mass is 16.9. The third-order valence-corrected chi connectivity index (χ3v) is 5.22. The molecule has 0 saturated carbocycles. The van der Waals surface area contributed by atoms with Crippen LogP contribution >= 0.6 is 0 Å². The van der Waals surface area contributed by atoms with Crippen molar-refractivity contribution in [3.63, 3.8) is 0 Å². The lowest BCUT2D eigenvalue weighted by molar-refractivity contribution is -0.00269. The SMILES string of the molecule is OC12OC1(O)C1OC1c1c2c2ccccc2c2ccccc12. The Morgan fingerprint density at radius 3 is 2.14 bits per heavy atom. The summed E-state index contributed by atoms with van der Waals surface area (Å²) >= 11 is 0. The molecule has 22 heavy (non-hydrogen) atoms. The van der Waals surface area contributed by atoms with Crippen molar-refractivity contribution < 1.29 is 19.7 Å². The quantitative estimate of drug-likeness (QED) is 0.493. The molecule has 0 radical (unpaired) electrons. The van der Waals surface area contributed by atoms with Gasteiger partial charge in [-0.05, 0) is 21.5 Å². The van der Waals surface area contributed by atoms with Crippen LogP contribution in [0.3, 0.4) is 0 Å². The first-order valence-corrected chi connectivity index (χ1v) is 7.39. The van der Waals surface area contributed by atoms with Gasteiger partial charge in [-0.2, -0.15) is 0 Å². The summed E-state index contributed by atoms with van der Waals surface area (Å²) in [5.74, 6) is -3.26. The summed E-state index contributed by atoms with van der Waals surface area (Å²) < 4.78 is 11.0. The largest absolute Gasteiger partial charge is 0.359 e. The Labute approximate surface area is 125 Å². The topological polar surface area (TPSA) is 65.5 Å². The highest BCUT2D eigenvalue weighted by Gasteiger charge is 2.85. The van der Waals surface area contributed by atoms with Crippen LogP contribution in [0, 0.1) is 0 Å². The first kappa shape index (κ1) is 11.6. The Kier molecular flexibility index (Phi) is 1.68. The second kappa shape index (κ2) is 3.19. The van der Waals surface area contributed by atoms with Crippen LogP contribution in [0.4, 0.5) is 0 Å². The van der Waals surface area contributed by atoms with Gasteiger partial charge in [0.25, 0.3) is 11.6 Å². The maximum Gasteiger partial charge on any atom is 0.259 e. The van der Waals surface area contributed by atoms with Crippen molar-refractivity contribution in [3.05, 3.63) is 59.7 Å². The van der Waals surface area contributed by atoms with E-state index in [2.05, 4.69) is 6.07 Å². The summed E-state index contributed by atoms with van der Waals surface area (Å²) in [4.78, 5) is 0. The van der Waals surface area contributed by atoms with Gasteiger partial charge in [0.05, 0.1) is 0 Å². The van der Waals surface area contributed by atoms with Crippen LogP contribution in [0.2, 0.25) is 0 Å². The number of ether oxygens (including phenoxy) is 2. The Bertz CT molecular complexity index is 997. The van der Waals surface area contributed by atoms with E-state index in [1.54, 1.807) is 0 Å². The summed E-state index contributed by atoms with van der Waals surface area (Å²) in [6.45, 7) is 0. The molecule has 0 bridgehead atoms. The minimum atomic E-state index is -1.66. The fourth-order valence-corrected chi connectivity index (χ4v) is 4.14.